The lowest BCUT2D eigenvalue weighted by Crippen LogP contribution is -2.27. The third kappa shape index (κ3) is 4.72. The van der Waals surface area contributed by atoms with E-state index in [1.807, 2.05) is 42.5 Å². The predicted molar refractivity (Wildman–Crippen MR) is 119 cm³/mol. The van der Waals surface area contributed by atoms with Gasteiger partial charge in [-0.25, -0.2) is 17.9 Å². The normalized spacial score (nSPS) is 20.8. The number of ether oxygens (including phenoxy) is 2. The molecule has 32 heavy (non-hydrogen) atoms. The Bertz CT molecular complexity index is 1220. The second kappa shape index (κ2) is 8.81. The van der Waals surface area contributed by atoms with Crippen LogP contribution in [0.15, 0.2) is 64.9 Å². The van der Waals surface area contributed by atoms with Gasteiger partial charge in [0.1, 0.15) is 4.21 Å². The quantitative estimate of drug-likeness (QED) is 0.498. The van der Waals surface area contributed by atoms with Gasteiger partial charge in [0.05, 0.1) is 0 Å². The van der Waals surface area contributed by atoms with E-state index in [1.54, 1.807) is 6.07 Å². The fraction of sp³-hybridized carbons (Fsp3) is 0.227. The number of hydrogen-bond donors (Lipinski definition) is 3. The number of benzene rings is 2. The molecule has 0 bridgehead atoms. The summed E-state index contributed by atoms with van der Waals surface area (Å²) in [5.41, 5.74) is 2.09. The van der Waals surface area contributed by atoms with Gasteiger partial charge in [0.2, 0.25) is 16.8 Å². The van der Waals surface area contributed by atoms with Crippen LogP contribution < -0.4 is 14.2 Å². The van der Waals surface area contributed by atoms with Crippen molar-refractivity contribution in [3.05, 3.63) is 66.2 Å². The van der Waals surface area contributed by atoms with Gasteiger partial charge in [-0.1, -0.05) is 37.3 Å². The highest BCUT2D eigenvalue weighted by Crippen LogP contribution is 2.48. The molecule has 3 N–H and O–H groups in total. The summed E-state index contributed by atoms with van der Waals surface area (Å²) in [5.74, 6) is 1.91. The average molecular weight is 476 g/mol. The molecule has 168 valence electrons. The zero-order valence-corrected chi connectivity index (χ0v) is 18.6. The van der Waals surface area contributed by atoms with Crippen molar-refractivity contribution in [1.82, 2.24) is 4.72 Å². The molecule has 0 unspecified atom stereocenters. The molecule has 1 aliphatic heterocycles. The van der Waals surface area contributed by atoms with Crippen LogP contribution >= 0.6 is 11.3 Å². The van der Waals surface area contributed by atoms with Crippen LogP contribution in [0.3, 0.4) is 0 Å². The molecule has 3 atom stereocenters. The lowest BCUT2D eigenvalue weighted by molar-refractivity contribution is 0.137. The third-order valence-electron chi connectivity index (χ3n) is 5.36. The van der Waals surface area contributed by atoms with Crippen molar-refractivity contribution in [3.63, 3.8) is 0 Å². The summed E-state index contributed by atoms with van der Waals surface area (Å²) < 4.78 is 39.7. The smallest absolute Gasteiger partial charge is 0.454 e. The predicted octanol–water partition coefficient (Wildman–Crippen LogP) is 4.45. The Hall–Kier alpha value is -3.08. The van der Waals surface area contributed by atoms with Crippen LogP contribution in [0, 0.1) is 5.92 Å². The molecule has 2 heterocycles. The standard InChI is InChI=1S/C21H19NO4S2.CH2O3/c1-13-20(14-5-3-2-4-6-14)21(13)22-28(23,24)19-10-9-18(27-19)15-7-8-16-17(11-15)26-12-25-16;2-1(3)4/h2-11,13,20-22H,12H2,1H3;(H2,2,3,4)/t13-,20-,21+;/m1./s1. The van der Waals surface area contributed by atoms with Gasteiger partial charge in [0.15, 0.2) is 11.5 Å². The van der Waals surface area contributed by atoms with Gasteiger partial charge < -0.3 is 19.7 Å². The van der Waals surface area contributed by atoms with Gasteiger partial charge in [-0.3, -0.25) is 0 Å². The maximum atomic E-state index is 12.9. The highest BCUT2D eigenvalue weighted by molar-refractivity contribution is 7.91. The van der Waals surface area contributed by atoms with Crippen LogP contribution in [0.2, 0.25) is 0 Å². The third-order valence-corrected chi connectivity index (χ3v) is 8.44. The number of hydrogen-bond acceptors (Lipinski definition) is 6. The van der Waals surface area contributed by atoms with Gasteiger partial charge in [0.25, 0.3) is 0 Å². The summed E-state index contributed by atoms with van der Waals surface area (Å²) in [7, 11) is -3.56. The number of carbonyl (C=O) groups is 1. The summed E-state index contributed by atoms with van der Waals surface area (Å²) >= 11 is 1.26. The number of sulfonamides is 1. The molecule has 0 amide bonds. The molecule has 2 aromatic carbocycles. The first kappa shape index (κ1) is 22.1. The van der Waals surface area contributed by atoms with Crippen molar-refractivity contribution in [3.8, 4) is 21.9 Å². The van der Waals surface area contributed by atoms with Gasteiger partial charge >= 0.3 is 6.16 Å². The van der Waals surface area contributed by atoms with Gasteiger partial charge in [-0.05, 0) is 47.4 Å². The van der Waals surface area contributed by atoms with Crippen molar-refractivity contribution in [1.29, 1.82) is 0 Å². The summed E-state index contributed by atoms with van der Waals surface area (Å²) in [6.07, 6.45) is -1.83. The molecule has 0 radical (unpaired) electrons. The fourth-order valence-corrected chi connectivity index (χ4v) is 6.41. The molecule has 2 aliphatic rings. The monoisotopic (exact) mass is 475 g/mol. The highest BCUT2D eigenvalue weighted by atomic mass is 32.2. The van der Waals surface area contributed by atoms with Crippen LogP contribution in [0.25, 0.3) is 10.4 Å². The summed E-state index contributed by atoms with van der Waals surface area (Å²) in [5, 5.41) is 13.9. The molecule has 5 rings (SSSR count). The minimum absolute atomic E-state index is 0.0662. The SMILES string of the molecule is C[C@H]1[C@H](NS(=O)(=O)c2ccc(-c3ccc4c(c3)OCO4)s2)[C@H]1c1ccccc1.O=C(O)O. The first-order valence-corrected chi connectivity index (χ1v) is 12.1. The molecule has 1 aliphatic carbocycles. The molecular formula is C22H21NO7S2. The minimum Gasteiger partial charge on any atom is -0.454 e. The van der Waals surface area contributed by atoms with Crippen LogP contribution in [0.1, 0.15) is 18.4 Å². The Morgan fingerprint density at radius 3 is 2.44 bits per heavy atom. The maximum Gasteiger partial charge on any atom is 0.503 e. The van der Waals surface area contributed by atoms with E-state index in [0.717, 1.165) is 10.4 Å². The van der Waals surface area contributed by atoms with E-state index in [-0.39, 0.29) is 24.7 Å². The zero-order valence-electron chi connectivity index (χ0n) is 17.0. The maximum absolute atomic E-state index is 12.9. The van der Waals surface area contributed by atoms with Crippen LogP contribution in [-0.4, -0.2) is 37.6 Å². The van der Waals surface area contributed by atoms with Crippen molar-refractivity contribution in [2.45, 2.75) is 23.1 Å². The summed E-state index contributed by atoms with van der Waals surface area (Å²) in [6.45, 7) is 2.30. The van der Waals surface area contributed by atoms with E-state index in [1.165, 1.54) is 16.9 Å². The molecule has 1 fully saturated rings. The Balaban J connectivity index is 0.000000567. The van der Waals surface area contributed by atoms with Crippen LogP contribution in [0.5, 0.6) is 11.5 Å². The molecule has 10 heteroatoms. The second-order valence-corrected chi connectivity index (χ2v) is 10.4. The van der Waals surface area contributed by atoms with E-state index in [0.29, 0.717) is 15.7 Å². The lowest BCUT2D eigenvalue weighted by Gasteiger charge is -2.04. The number of rotatable bonds is 5. The highest BCUT2D eigenvalue weighted by Gasteiger charge is 2.49. The first-order chi connectivity index (χ1) is 15.3. The average Bonchev–Trinajstić information content (AvgIpc) is 3.17. The number of thiophene rings is 1. The largest absolute Gasteiger partial charge is 0.503 e. The van der Waals surface area contributed by atoms with Crippen LogP contribution in [0.4, 0.5) is 4.79 Å². The molecule has 0 saturated heterocycles. The van der Waals surface area contributed by atoms with Crippen molar-refractivity contribution < 1.29 is 32.9 Å². The summed E-state index contributed by atoms with van der Waals surface area (Å²) in [6, 6.07) is 19.1. The second-order valence-electron chi connectivity index (χ2n) is 7.41. The molecule has 8 nitrogen and oxygen atoms in total. The van der Waals surface area contributed by atoms with Gasteiger partial charge in [-0.15, -0.1) is 11.3 Å². The van der Waals surface area contributed by atoms with Crippen molar-refractivity contribution >= 4 is 27.5 Å². The minimum atomic E-state index is -3.56. The Morgan fingerprint density at radius 2 is 1.72 bits per heavy atom. The van der Waals surface area contributed by atoms with E-state index < -0.39 is 16.2 Å². The Kier molecular flexibility index (Phi) is 6.09. The molecular weight excluding hydrogens is 454 g/mol. The topological polar surface area (TPSA) is 122 Å². The first-order valence-electron chi connectivity index (χ1n) is 9.75. The van der Waals surface area contributed by atoms with E-state index in [2.05, 4.69) is 23.8 Å². The fourth-order valence-electron chi connectivity index (χ4n) is 3.74. The van der Waals surface area contributed by atoms with E-state index >= 15 is 0 Å². The molecule has 3 aromatic rings. The lowest BCUT2D eigenvalue weighted by atomic mass is 10.1. The molecule has 0 spiro atoms. The van der Waals surface area contributed by atoms with Crippen molar-refractivity contribution in [2.24, 2.45) is 5.92 Å². The number of nitrogens with one attached hydrogen (secondary N) is 1. The number of carboxylic acid groups (broad SMARTS) is 2. The molecule has 1 saturated carbocycles. The number of fused-ring (bicyclic) bond motifs is 1. The van der Waals surface area contributed by atoms with E-state index in [4.69, 9.17) is 24.5 Å². The van der Waals surface area contributed by atoms with Crippen LogP contribution in [-0.2, 0) is 10.0 Å². The van der Waals surface area contributed by atoms with Gasteiger partial charge in [-0.2, -0.15) is 0 Å². The van der Waals surface area contributed by atoms with Crippen molar-refractivity contribution in [2.75, 3.05) is 6.79 Å². The van der Waals surface area contributed by atoms with Gasteiger partial charge in [0, 0.05) is 16.8 Å². The van der Waals surface area contributed by atoms with E-state index in [9.17, 15) is 8.42 Å². The molecule has 1 aromatic heterocycles. The summed E-state index contributed by atoms with van der Waals surface area (Å²) in [4.78, 5) is 9.43. The zero-order chi connectivity index (χ0) is 22.9. The Morgan fingerprint density at radius 1 is 1.03 bits per heavy atom. The Labute approximate surface area is 189 Å².